The maximum Gasteiger partial charge on any atom is 0.145 e. The topological polar surface area (TPSA) is 54.3 Å². The average Bonchev–Trinajstić information content (AvgIpc) is 3.28. The number of hydrogen-bond acceptors (Lipinski definition) is 5. The summed E-state index contributed by atoms with van der Waals surface area (Å²) < 4.78 is 5.73. The average molecular weight is 520 g/mol. The van der Waals surface area contributed by atoms with Gasteiger partial charge in [-0.3, -0.25) is 4.90 Å². The second kappa shape index (κ2) is 11.9. The second-order valence-corrected chi connectivity index (χ2v) is 9.45. The van der Waals surface area contributed by atoms with Crippen molar-refractivity contribution in [2.24, 2.45) is 5.16 Å². The van der Waals surface area contributed by atoms with Crippen LogP contribution in [0.5, 0.6) is 5.75 Å². The van der Waals surface area contributed by atoms with Crippen molar-refractivity contribution in [3.05, 3.63) is 99.0 Å². The Labute approximate surface area is 214 Å². The fraction of sp³-hybridized carbons (Fsp3) is 0.269. The van der Waals surface area contributed by atoms with E-state index >= 15 is 0 Å². The molecule has 3 aromatic rings. The van der Waals surface area contributed by atoms with Crippen LogP contribution in [0.4, 0.5) is 0 Å². The predicted octanol–water partition coefficient (Wildman–Crippen LogP) is 6.08. The molecule has 2 unspecified atom stereocenters. The van der Waals surface area contributed by atoms with Crippen LogP contribution in [0.25, 0.3) is 0 Å². The van der Waals surface area contributed by atoms with E-state index in [2.05, 4.69) is 10.1 Å². The molecule has 1 aliphatic heterocycles. The van der Waals surface area contributed by atoms with Crippen LogP contribution in [-0.4, -0.2) is 47.6 Å². The lowest BCUT2D eigenvalue weighted by molar-refractivity contribution is 0.0213. The van der Waals surface area contributed by atoms with E-state index < -0.39 is 6.10 Å². The van der Waals surface area contributed by atoms with Gasteiger partial charge in [-0.25, -0.2) is 0 Å². The third kappa shape index (κ3) is 7.11. The minimum Gasteiger partial charge on any atom is -0.491 e. The monoisotopic (exact) mass is 518 g/mol. The van der Waals surface area contributed by atoms with Crippen LogP contribution >= 0.6 is 34.8 Å². The van der Waals surface area contributed by atoms with Gasteiger partial charge in [0.25, 0.3) is 0 Å². The number of benzene rings is 3. The number of oxime groups is 1. The fourth-order valence-corrected chi connectivity index (χ4v) is 4.33. The molecule has 8 heteroatoms. The number of rotatable bonds is 10. The van der Waals surface area contributed by atoms with Gasteiger partial charge in [0.1, 0.15) is 24.6 Å². The highest BCUT2D eigenvalue weighted by Gasteiger charge is 2.26. The summed E-state index contributed by atoms with van der Waals surface area (Å²) in [6.07, 6.45) is -0.220. The van der Waals surface area contributed by atoms with Crippen LogP contribution in [-0.2, 0) is 11.4 Å². The molecule has 0 saturated carbocycles. The summed E-state index contributed by atoms with van der Waals surface area (Å²) in [6, 6.07) is 22.6. The zero-order valence-electron chi connectivity index (χ0n) is 18.4. The summed E-state index contributed by atoms with van der Waals surface area (Å²) >= 11 is 18.4. The van der Waals surface area contributed by atoms with Crippen LogP contribution in [0.1, 0.15) is 17.5 Å². The van der Waals surface area contributed by atoms with Gasteiger partial charge >= 0.3 is 0 Å². The van der Waals surface area contributed by atoms with E-state index in [0.717, 1.165) is 22.6 Å². The smallest absolute Gasteiger partial charge is 0.145 e. The standard InChI is InChI=1S/C26H25Cl3N2O3/c27-20-6-4-5-18(11-20)14-31(15-21(32)17-33-22-7-2-1-3-8-22)16-23-13-26(30-34-23)19-9-10-24(28)25(29)12-19/h1-12,21,23,32H,13-17H2. The molecule has 0 fully saturated rings. The highest BCUT2D eigenvalue weighted by molar-refractivity contribution is 6.42. The fourth-order valence-electron chi connectivity index (χ4n) is 3.82. The van der Waals surface area contributed by atoms with Gasteiger partial charge in [0.05, 0.1) is 15.8 Å². The summed E-state index contributed by atoms with van der Waals surface area (Å²) in [5.74, 6) is 0.724. The first kappa shape index (κ1) is 24.8. The van der Waals surface area contributed by atoms with Crippen LogP contribution in [0.3, 0.4) is 0 Å². The van der Waals surface area contributed by atoms with Crippen molar-refractivity contribution in [3.63, 3.8) is 0 Å². The van der Waals surface area contributed by atoms with E-state index in [-0.39, 0.29) is 12.7 Å². The van der Waals surface area contributed by atoms with Gasteiger partial charge in [0, 0.05) is 36.6 Å². The third-order valence-corrected chi connectivity index (χ3v) is 6.37. The minimum absolute atomic E-state index is 0.161. The lowest BCUT2D eigenvalue weighted by Crippen LogP contribution is -2.39. The molecule has 5 nitrogen and oxygen atoms in total. The molecular formula is C26H25Cl3N2O3. The Balaban J connectivity index is 1.39. The highest BCUT2D eigenvalue weighted by Crippen LogP contribution is 2.26. The minimum atomic E-state index is -0.684. The van der Waals surface area contributed by atoms with Crippen molar-refractivity contribution >= 4 is 40.5 Å². The van der Waals surface area contributed by atoms with Gasteiger partial charge in [0.15, 0.2) is 0 Å². The molecule has 0 saturated heterocycles. The number of ether oxygens (including phenoxy) is 1. The second-order valence-electron chi connectivity index (χ2n) is 8.20. The van der Waals surface area contributed by atoms with Crippen molar-refractivity contribution in [1.82, 2.24) is 4.90 Å². The van der Waals surface area contributed by atoms with E-state index in [0.29, 0.717) is 41.1 Å². The third-order valence-electron chi connectivity index (χ3n) is 5.40. The van der Waals surface area contributed by atoms with Gasteiger partial charge < -0.3 is 14.7 Å². The maximum atomic E-state index is 10.7. The zero-order valence-corrected chi connectivity index (χ0v) is 20.7. The molecule has 0 aromatic heterocycles. The Kier molecular flexibility index (Phi) is 8.70. The first-order valence-corrected chi connectivity index (χ1v) is 12.1. The molecule has 0 radical (unpaired) electrons. The molecule has 3 aromatic carbocycles. The molecule has 0 spiro atoms. The van der Waals surface area contributed by atoms with Gasteiger partial charge in [-0.05, 0) is 42.0 Å². The SMILES string of the molecule is OC(COc1ccccc1)CN(Cc1cccc(Cl)c1)CC1CC(c2ccc(Cl)c(Cl)c2)=NO1. The maximum absolute atomic E-state index is 10.7. The van der Waals surface area contributed by atoms with Crippen LogP contribution in [0, 0.1) is 0 Å². The van der Waals surface area contributed by atoms with Gasteiger partial charge in [-0.15, -0.1) is 0 Å². The molecule has 1 aliphatic rings. The van der Waals surface area contributed by atoms with E-state index in [1.807, 2.05) is 60.7 Å². The number of aliphatic hydroxyl groups excluding tert-OH is 1. The van der Waals surface area contributed by atoms with E-state index in [9.17, 15) is 5.11 Å². The van der Waals surface area contributed by atoms with Crippen LogP contribution < -0.4 is 4.74 Å². The molecule has 0 amide bonds. The van der Waals surface area contributed by atoms with E-state index in [4.69, 9.17) is 44.4 Å². The molecule has 178 valence electrons. The lowest BCUT2D eigenvalue weighted by Gasteiger charge is -2.27. The summed E-state index contributed by atoms with van der Waals surface area (Å²) in [4.78, 5) is 7.85. The summed E-state index contributed by atoms with van der Waals surface area (Å²) in [6.45, 7) is 1.77. The Morgan fingerprint density at radius 3 is 2.59 bits per heavy atom. The Hall–Kier alpha value is -2.28. The molecule has 4 rings (SSSR count). The molecular weight excluding hydrogens is 495 g/mol. The van der Waals surface area contributed by atoms with Gasteiger partial charge in [-0.1, -0.05) is 76.4 Å². The molecule has 1 N–H and O–H groups in total. The number of nitrogens with zero attached hydrogens (tertiary/aromatic N) is 2. The van der Waals surface area contributed by atoms with E-state index in [1.54, 1.807) is 12.1 Å². The summed E-state index contributed by atoms with van der Waals surface area (Å²) in [5, 5.41) is 16.6. The summed E-state index contributed by atoms with van der Waals surface area (Å²) in [7, 11) is 0. The van der Waals surface area contributed by atoms with Crippen molar-refractivity contribution in [1.29, 1.82) is 0 Å². The molecule has 34 heavy (non-hydrogen) atoms. The first-order chi connectivity index (χ1) is 16.5. The molecule has 1 heterocycles. The number of hydrogen-bond donors (Lipinski definition) is 1. The lowest BCUT2D eigenvalue weighted by atomic mass is 10.0. The van der Waals surface area contributed by atoms with E-state index in [1.165, 1.54) is 0 Å². The quantitative estimate of drug-likeness (QED) is 0.353. The molecule has 0 aliphatic carbocycles. The van der Waals surface area contributed by atoms with Crippen molar-refractivity contribution in [2.45, 2.75) is 25.2 Å². The largest absolute Gasteiger partial charge is 0.491 e. The Bertz CT molecular complexity index is 1130. The zero-order chi connectivity index (χ0) is 23.9. The number of aliphatic hydroxyl groups is 1. The highest BCUT2D eigenvalue weighted by atomic mass is 35.5. The Morgan fingerprint density at radius 1 is 1.00 bits per heavy atom. The summed E-state index contributed by atoms with van der Waals surface area (Å²) in [5.41, 5.74) is 2.75. The molecule has 0 bridgehead atoms. The number of para-hydroxylation sites is 1. The predicted molar refractivity (Wildman–Crippen MR) is 137 cm³/mol. The van der Waals surface area contributed by atoms with Crippen molar-refractivity contribution in [2.75, 3.05) is 19.7 Å². The van der Waals surface area contributed by atoms with Gasteiger partial charge in [-0.2, -0.15) is 0 Å². The number of halogens is 3. The Morgan fingerprint density at radius 2 is 1.82 bits per heavy atom. The van der Waals surface area contributed by atoms with Crippen molar-refractivity contribution in [3.8, 4) is 5.75 Å². The normalized spacial score (nSPS) is 16.3. The first-order valence-electron chi connectivity index (χ1n) is 11.0. The van der Waals surface area contributed by atoms with Crippen LogP contribution in [0.2, 0.25) is 15.1 Å². The molecule has 2 atom stereocenters. The van der Waals surface area contributed by atoms with Crippen molar-refractivity contribution < 1.29 is 14.7 Å². The van der Waals surface area contributed by atoms with Crippen LogP contribution in [0.15, 0.2) is 78.0 Å². The van der Waals surface area contributed by atoms with Gasteiger partial charge in [0.2, 0.25) is 0 Å².